The molecule has 0 aromatic rings. The standard InChI is InChI=1S/C12H18O3/c1-8-10(7-13)11(8)12(14)15-9-5-3-2-4-6-9/h7-11H,2-6H2,1H3. The van der Waals surface area contributed by atoms with Gasteiger partial charge in [-0.05, 0) is 31.6 Å². The lowest BCUT2D eigenvalue weighted by molar-refractivity contribution is -0.153. The summed E-state index contributed by atoms with van der Waals surface area (Å²) in [4.78, 5) is 22.2. The summed E-state index contributed by atoms with van der Waals surface area (Å²) in [6.45, 7) is 1.94. The second-order valence-corrected chi connectivity index (χ2v) is 4.80. The topological polar surface area (TPSA) is 43.4 Å². The molecule has 2 fully saturated rings. The Labute approximate surface area is 90.2 Å². The van der Waals surface area contributed by atoms with E-state index in [2.05, 4.69) is 0 Å². The zero-order valence-corrected chi connectivity index (χ0v) is 9.15. The largest absolute Gasteiger partial charge is 0.462 e. The van der Waals surface area contributed by atoms with E-state index in [0.717, 1.165) is 32.0 Å². The normalized spacial score (nSPS) is 35.9. The summed E-state index contributed by atoms with van der Waals surface area (Å²) in [5.41, 5.74) is 0. The van der Waals surface area contributed by atoms with Crippen LogP contribution in [0.2, 0.25) is 0 Å². The maximum atomic E-state index is 11.7. The van der Waals surface area contributed by atoms with E-state index in [1.165, 1.54) is 6.42 Å². The molecule has 0 aromatic heterocycles. The lowest BCUT2D eigenvalue weighted by Crippen LogP contribution is -2.22. The molecule has 0 aliphatic heterocycles. The van der Waals surface area contributed by atoms with Crippen LogP contribution in [0.4, 0.5) is 0 Å². The van der Waals surface area contributed by atoms with Gasteiger partial charge in [-0.2, -0.15) is 0 Å². The monoisotopic (exact) mass is 210 g/mol. The molecule has 84 valence electrons. The number of hydrogen-bond acceptors (Lipinski definition) is 3. The highest BCUT2D eigenvalue weighted by molar-refractivity contribution is 5.82. The number of ether oxygens (including phenoxy) is 1. The van der Waals surface area contributed by atoms with Crippen molar-refractivity contribution in [1.82, 2.24) is 0 Å². The molecule has 0 amide bonds. The molecular formula is C12H18O3. The van der Waals surface area contributed by atoms with E-state index in [1.807, 2.05) is 6.92 Å². The van der Waals surface area contributed by atoms with Crippen LogP contribution in [0.5, 0.6) is 0 Å². The Morgan fingerprint density at radius 1 is 1.27 bits per heavy atom. The summed E-state index contributed by atoms with van der Waals surface area (Å²) in [5, 5.41) is 0. The van der Waals surface area contributed by atoms with Gasteiger partial charge in [-0.25, -0.2) is 0 Å². The molecule has 3 unspecified atom stereocenters. The summed E-state index contributed by atoms with van der Waals surface area (Å²) in [6, 6.07) is 0. The molecule has 2 saturated carbocycles. The smallest absolute Gasteiger partial charge is 0.310 e. The molecule has 0 heterocycles. The summed E-state index contributed by atoms with van der Waals surface area (Å²) in [7, 11) is 0. The summed E-state index contributed by atoms with van der Waals surface area (Å²) >= 11 is 0. The van der Waals surface area contributed by atoms with Crippen molar-refractivity contribution in [2.75, 3.05) is 0 Å². The van der Waals surface area contributed by atoms with Crippen LogP contribution in [0.3, 0.4) is 0 Å². The SMILES string of the molecule is CC1C(C=O)C1C(=O)OC1CCCCC1. The molecule has 2 aliphatic carbocycles. The third-order valence-electron chi connectivity index (χ3n) is 3.71. The average Bonchev–Trinajstić information content (AvgIpc) is 2.90. The minimum atomic E-state index is -0.149. The molecule has 2 aliphatic rings. The van der Waals surface area contributed by atoms with E-state index in [9.17, 15) is 9.59 Å². The molecule has 3 nitrogen and oxygen atoms in total. The molecule has 3 atom stereocenters. The van der Waals surface area contributed by atoms with E-state index < -0.39 is 0 Å². The fourth-order valence-electron chi connectivity index (χ4n) is 2.50. The van der Waals surface area contributed by atoms with Gasteiger partial charge in [-0.1, -0.05) is 13.3 Å². The van der Waals surface area contributed by atoms with Gasteiger partial charge in [-0.3, -0.25) is 4.79 Å². The summed E-state index contributed by atoms with van der Waals surface area (Å²) in [5.74, 6) is -0.185. The quantitative estimate of drug-likeness (QED) is 0.528. The van der Waals surface area contributed by atoms with E-state index in [-0.39, 0.29) is 29.8 Å². The molecule has 2 rings (SSSR count). The molecule has 15 heavy (non-hydrogen) atoms. The number of aldehydes is 1. The van der Waals surface area contributed by atoms with Gasteiger partial charge in [0.2, 0.25) is 0 Å². The van der Waals surface area contributed by atoms with E-state index in [4.69, 9.17) is 4.74 Å². The van der Waals surface area contributed by atoms with Crippen molar-refractivity contribution in [2.45, 2.75) is 45.1 Å². The number of esters is 1. The van der Waals surface area contributed by atoms with Gasteiger partial charge < -0.3 is 9.53 Å². The predicted molar refractivity (Wildman–Crippen MR) is 55.2 cm³/mol. The van der Waals surface area contributed by atoms with Crippen molar-refractivity contribution >= 4 is 12.3 Å². The first-order valence-electron chi connectivity index (χ1n) is 5.90. The maximum Gasteiger partial charge on any atom is 0.310 e. The van der Waals surface area contributed by atoms with Crippen molar-refractivity contribution in [2.24, 2.45) is 17.8 Å². The molecule has 0 aromatic carbocycles. The first-order valence-corrected chi connectivity index (χ1v) is 5.90. The minimum absolute atomic E-state index is 0.0823. The Morgan fingerprint density at radius 2 is 1.93 bits per heavy atom. The Kier molecular flexibility index (Phi) is 3.08. The minimum Gasteiger partial charge on any atom is -0.462 e. The van der Waals surface area contributed by atoms with Crippen LogP contribution in [0, 0.1) is 17.8 Å². The second-order valence-electron chi connectivity index (χ2n) is 4.80. The molecule has 3 heteroatoms. The fourth-order valence-corrected chi connectivity index (χ4v) is 2.50. The molecule has 0 N–H and O–H groups in total. The molecule has 0 saturated heterocycles. The van der Waals surface area contributed by atoms with Crippen molar-refractivity contribution in [3.63, 3.8) is 0 Å². The van der Waals surface area contributed by atoms with Crippen molar-refractivity contribution < 1.29 is 14.3 Å². The van der Waals surface area contributed by atoms with Gasteiger partial charge in [0.15, 0.2) is 0 Å². The van der Waals surface area contributed by atoms with Crippen molar-refractivity contribution in [1.29, 1.82) is 0 Å². The molecule has 0 bridgehead atoms. The Morgan fingerprint density at radius 3 is 2.47 bits per heavy atom. The maximum absolute atomic E-state index is 11.7. The average molecular weight is 210 g/mol. The zero-order valence-electron chi connectivity index (χ0n) is 9.15. The molecule has 0 spiro atoms. The number of hydrogen-bond donors (Lipinski definition) is 0. The number of rotatable bonds is 3. The number of carbonyl (C=O) groups is 2. The van der Waals surface area contributed by atoms with Crippen LogP contribution in [0.1, 0.15) is 39.0 Å². The highest BCUT2D eigenvalue weighted by Crippen LogP contribution is 2.45. The Bertz CT molecular complexity index is 256. The zero-order chi connectivity index (χ0) is 10.8. The van der Waals surface area contributed by atoms with Gasteiger partial charge in [0.05, 0.1) is 5.92 Å². The summed E-state index contributed by atoms with van der Waals surface area (Å²) < 4.78 is 5.42. The predicted octanol–water partition coefficient (Wildman–Crippen LogP) is 1.94. The van der Waals surface area contributed by atoms with Crippen LogP contribution in [-0.4, -0.2) is 18.4 Å². The lowest BCUT2D eigenvalue weighted by Gasteiger charge is -2.21. The second kappa shape index (κ2) is 4.33. The van der Waals surface area contributed by atoms with Gasteiger partial charge in [0.1, 0.15) is 12.4 Å². The summed E-state index contributed by atoms with van der Waals surface area (Å²) in [6.07, 6.45) is 6.58. The Hall–Kier alpha value is -0.860. The van der Waals surface area contributed by atoms with E-state index in [1.54, 1.807) is 0 Å². The first-order chi connectivity index (χ1) is 7.24. The van der Waals surface area contributed by atoms with Gasteiger partial charge in [-0.15, -0.1) is 0 Å². The van der Waals surface area contributed by atoms with E-state index >= 15 is 0 Å². The number of carbonyl (C=O) groups excluding carboxylic acids is 2. The molecular weight excluding hydrogens is 192 g/mol. The van der Waals surface area contributed by atoms with E-state index in [0.29, 0.717) is 0 Å². The third kappa shape index (κ3) is 2.21. The highest BCUT2D eigenvalue weighted by atomic mass is 16.5. The Balaban J connectivity index is 1.79. The van der Waals surface area contributed by atoms with Crippen LogP contribution in [0.25, 0.3) is 0 Å². The highest BCUT2D eigenvalue weighted by Gasteiger charge is 2.53. The molecule has 0 radical (unpaired) electrons. The van der Waals surface area contributed by atoms with Crippen molar-refractivity contribution in [3.8, 4) is 0 Å². The van der Waals surface area contributed by atoms with Gasteiger partial charge >= 0.3 is 5.97 Å². The van der Waals surface area contributed by atoms with Gasteiger partial charge in [0, 0.05) is 5.92 Å². The van der Waals surface area contributed by atoms with Crippen LogP contribution < -0.4 is 0 Å². The van der Waals surface area contributed by atoms with Crippen molar-refractivity contribution in [3.05, 3.63) is 0 Å². The third-order valence-corrected chi connectivity index (χ3v) is 3.71. The van der Waals surface area contributed by atoms with Crippen LogP contribution >= 0.6 is 0 Å². The fraction of sp³-hybridized carbons (Fsp3) is 0.833. The van der Waals surface area contributed by atoms with Crippen LogP contribution in [0.15, 0.2) is 0 Å². The van der Waals surface area contributed by atoms with Crippen LogP contribution in [-0.2, 0) is 14.3 Å². The first kappa shape index (κ1) is 10.7. The lowest BCUT2D eigenvalue weighted by atomic mass is 9.98. The van der Waals surface area contributed by atoms with Gasteiger partial charge in [0.25, 0.3) is 0 Å².